The monoisotopic (exact) mass is 380 g/mol. The number of rotatable bonds is 6. The number of alkyl halides is 3. The first-order valence-electron chi connectivity index (χ1n) is 8.80. The van der Waals surface area contributed by atoms with Gasteiger partial charge in [0.25, 0.3) is 0 Å². The van der Waals surface area contributed by atoms with Crippen LogP contribution in [0.2, 0.25) is 0 Å². The fraction of sp³-hybridized carbons (Fsp3) is 0.381. The van der Waals surface area contributed by atoms with Gasteiger partial charge in [0, 0.05) is 0 Å². The summed E-state index contributed by atoms with van der Waals surface area (Å²) in [5.74, 6) is -0.767. The molecule has 6 heteroatoms. The number of phenolic OH excluding ortho intramolecular Hbond substituents is 1. The van der Waals surface area contributed by atoms with Crippen molar-refractivity contribution in [3.63, 3.8) is 0 Å². The normalized spacial score (nSPS) is 12.9. The van der Waals surface area contributed by atoms with Crippen LogP contribution in [0.25, 0.3) is 11.1 Å². The quantitative estimate of drug-likeness (QED) is 0.647. The second kappa shape index (κ2) is 8.46. The molecule has 1 N–H and O–H groups in total. The van der Waals surface area contributed by atoms with E-state index in [0.29, 0.717) is 23.1 Å². The Morgan fingerprint density at radius 2 is 1.70 bits per heavy atom. The SMILES string of the molecule is CCOC(=O)C(CC(C)C)c1cc(O)cc(-c2ccc(C(F)(F)F)cc2)c1. The van der Waals surface area contributed by atoms with Gasteiger partial charge in [0.05, 0.1) is 18.1 Å². The molecule has 0 radical (unpaired) electrons. The molecular formula is C21H23F3O3. The third-order valence-electron chi connectivity index (χ3n) is 4.17. The first kappa shape index (κ1) is 20.8. The molecule has 0 aliphatic rings. The lowest BCUT2D eigenvalue weighted by atomic mass is 9.88. The van der Waals surface area contributed by atoms with Crippen molar-refractivity contribution in [2.24, 2.45) is 5.92 Å². The zero-order valence-corrected chi connectivity index (χ0v) is 15.5. The fourth-order valence-corrected chi connectivity index (χ4v) is 2.94. The summed E-state index contributed by atoms with van der Waals surface area (Å²) in [7, 11) is 0. The second-order valence-corrected chi connectivity index (χ2v) is 6.82. The van der Waals surface area contributed by atoms with Crippen molar-refractivity contribution < 1.29 is 27.8 Å². The van der Waals surface area contributed by atoms with Gasteiger partial charge in [-0.15, -0.1) is 0 Å². The van der Waals surface area contributed by atoms with Crippen molar-refractivity contribution in [2.75, 3.05) is 6.61 Å². The van der Waals surface area contributed by atoms with Crippen LogP contribution >= 0.6 is 0 Å². The van der Waals surface area contributed by atoms with Gasteiger partial charge in [0.2, 0.25) is 0 Å². The minimum Gasteiger partial charge on any atom is -0.508 e. The smallest absolute Gasteiger partial charge is 0.416 e. The van der Waals surface area contributed by atoms with Gasteiger partial charge < -0.3 is 9.84 Å². The lowest BCUT2D eigenvalue weighted by Gasteiger charge is -2.19. The first-order chi connectivity index (χ1) is 12.6. The van der Waals surface area contributed by atoms with E-state index < -0.39 is 17.7 Å². The number of benzene rings is 2. The molecule has 0 aliphatic heterocycles. The van der Waals surface area contributed by atoms with Crippen LogP contribution in [0.5, 0.6) is 5.75 Å². The molecule has 0 amide bonds. The Labute approximate surface area is 156 Å². The van der Waals surface area contributed by atoms with Gasteiger partial charge in [-0.2, -0.15) is 13.2 Å². The minimum atomic E-state index is -4.41. The maximum atomic E-state index is 12.7. The highest BCUT2D eigenvalue weighted by molar-refractivity contribution is 5.79. The lowest BCUT2D eigenvalue weighted by Crippen LogP contribution is -2.18. The molecule has 27 heavy (non-hydrogen) atoms. The predicted molar refractivity (Wildman–Crippen MR) is 97.4 cm³/mol. The molecule has 0 fully saturated rings. The molecule has 0 spiro atoms. The summed E-state index contributed by atoms with van der Waals surface area (Å²) in [6, 6.07) is 9.37. The highest BCUT2D eigenvalue weighted by Crippen LogP contribution is 2.34. The average Bonchev–Trinajstić information content (AvgIpc) is 2.58. The van der Waals surface area contributed by atoms with E-state index in [2.05, 4.69) is 0 Å². The molecular weight excluding hydrogens is 357 g/mol. The molecule has 0 saturated heterocycles. The van der Waals surface area contributed by atoms with Crippen molar-refractivity contribution in [3.05, 3.63) is 53.6 Å². The molecule has 2 aromatic carbocycles. The standard InChI is InChI=1S/C21H23F3O3/c1-4-27-20(26)19(9-13(2)3)16-10-15(11-18(25)12-16)14-5-7-17(8-6-14)21(22,23)24/h5-8,10-13,19,25H,4,9H2,1-3H3. The Morgan fingerprint density at radius 1 is 1.07 bits per heavy atom. The number of esters is 1. The Kier molecular flexibility index (Phi) is 6.52. The lowest BCUT2D eigenvalue weighted by molar-refractivity contribution is -0.145. The topological polar surface area (TPSA) is 46.5 Å². The van der Waals surface area contributed by atoms with E-state index in [4.69, 9.17) is 4.74 Å². The fourth-order valence-electron chi connectivity index (χ4n) is 2.94. The Morgan fingerprint density at radius 3 is 2.22 bits per heavy atom. The summed E-state index contributed by atoms with van der Waals surface area (Å²) in [4.78, 5) is 12.4. The van der Waals surface area contributed by atoms with Gasteiger partial charge in [-0.25, -0.2) is 0 Å². The first-order valence-corrected chi connectivity index (χ1v) is 8.80. The maximum Gasteiger partial charge on any atom is 0.416 e. The van der Waals surface area contributed by atoms with Gasteiger partial charge in [-0.1, -0.05) is 32.0 Å². The highest BCUT2D eigenvalue weighted by Gasteiger charge is 2.30. The van der Waals surface area contributed by atoms with E-state index in [1.165, 1.54) is 24.3 Å². The van der Waals surface area contributed by atoms with Crippen molar-refractivity contribution in [3.8, 4) is 16.9 Å². The van der Waals surface area contributed by atoms with Gasteiger partial charge >= 0.3 is 12.1 Å². The molecule has 0 aliphatic carbocycles. The van der Waals surface area contributed by atoms with Gasteiger partial charge in [-0.05, 0) is 60.2 Å². The van der Waals surface area contributed by atoms with Gasteiger partial charge in [0.15, 0.2) is 0 Å². The van der Waals surface area contributed by atoms with E-state index >= 15 is 0 Å². The van der Waals surface area contributed by atoms with Crippen molar-refractivity contribution in [1.82, 2.24) is 0 Å². The van der Waals surface area contributed by atoms with Crippen molar-refractivity contribution >= 4 is 5.97 Å². The number of ether oxygens (including phenoxy) is 1. The minimum absolute atomic E-state index is 0.0551. The molecule has 1 unspecified atom stereocenters. The molecule has 0 saturated carbocycles. The number of carbonyl (C=O) groups excluding carboxylic acids is 1. The number of hydrogen-bond donors (Lipinski definition) is 1. The van der Waals surface area contributed by atoms with Crippen LogP contribution in [0, 0.1) is 5.92 Å². The van der Waals surface area contributed by atoms with Crippen LogP contribution in [0.1, 0.15) is 44.2 Å². The van der Waals surface area contributed by atoms with E-state index in [1.807, 2.05) is 13.8 Å². The summed E-state index contributed by atoms with van der Waals surface area (Å²) < 4.78 is 43.4. The van der Waals surface area contributed by atoms with Crippen LogP contribution in [0.15, 0.2) is 42.5 Å². The third-order valence-corrected chi connectivity index (χ3v) is 4.17. The molecule has 2 rings (SSSR count). The van der Waals surface area contributed by atoms with E-state index in [9.17, 15) is 23.1 Å². The molecule has 1 atom stereocenters. The number of carbonyl (C=O) groups is 1. The van der Waals surface area contributed by atoms with Gasteiger partial charge in [0.1, 0.15) is 5.75 Å². The Bertz CT molecular complexity index is 780. The van der Waals surface area contributed by atoms with E-state index in [-0.39, 0.29) is 24.2 Å². The molecule has 3 nitrogen and oxygen atoms in total. The number of aromatic hydroxyl groups is 1. The third kappa shape index (κ3) is 5.49. The van der Waals surface area contributed by atoms with E-state index in [1.54, 1.807) is 13.0 Å². The summed E-state index contributed by atoms with van der Waals surface area (Å²) in [6.07, 6.45) is -3.87. The summed E-state index contributed by atoms with van der Waals surface area (Å²) in [6.45, 7) is 5.93. The van der Waals surface area contributed by atoms with Crippen molar-refractivity contribution in [2.45, 2.75) is 39.3 Å². The summed E-state index contributed by atoms with van der Waals surface area (Å²) in [5.41, 5.74) is 0.900. The van der Waals surface area contributed by atoms with Crippen molar-refractivity contribution in [1.29, 1.82) is 0 Å². The summed E-state index contributed by atoms with van der Waals surface area (Å²) in [5, 5.41) is 10.1. The highest BCUT2D eigenvalue weighted by atomic mass is 19.4. The van der Waals surface area contributed by atoms with Gasteiger partial charge in [-0.3, -0.25) is 4.79 Å². The van der Waals surface area contributed by atoms with Crippen LogP contribution in [0.4, 0.5) is 13.2 Å². The second-order valence-electron chi connectivity index (χ2n) is 6.82. The average molecular weight is 380 g/mol. The Balaban J connectivity index is 2.43. The van der Waals surface area contributed by atoms with Crippen LogP contribution in [-0.2, 0) is 15.7 Å². The van der Waals surface area contributed by atoms with Crippen LogP contribution in [0.3, 0.4) is 0 Å². The number of hydrogen-bond acceptors (Lipinski definition) is 3. The van der Waals surface area contributed by atoms with Crippen LogP contribution in [-0.4, -0.2) is 17.7 Å². The summed E-state index contributed by atoms with van der Waals surface area (Å²) >= 11 is 0. The molecule has 146 valence electrons. The van der Waals surface area contributed by atoms with Crippen LogP contribution < -0.4 is 0 Å². The zero-order valence-electron chi connectivity index (χ0n) is 15.5. The number of phenols is 1. The maximum absolute atomic E-state index is 12.7. The largest absolute Gasteiger partial charge is 0.508 e. The molecule has 0 heterocycles. The molecule has 0 aromatic heterocycles. The molecule has 2 aromatic rings. The molecule has 0 bridgehead atoms. The van der Waals surface area contributed by atoms with E-state index in [0.717, 1.165) is 12.1 Å². The zero-order chi connectivity index (χ0) is 20.2. The predicted octanol–water partition coefficient (Wildman–Crippen LogP) is 5.77. The number of halogens is 3. The Hall–Kier alpha value is -2.50.